The lowest BCUT2D eigenvalue weighted by molar-refractivity contribution is -0.127. The maximum Gasteiger partial charge on any atom is 0.280 e. The van der Waals surface area contributed by atoms with Gasteiger partial charge in [0.05, 0.1) is 12.5 Å². The standard InChI is InChI=1S/C17H15N3O3/c1-12(17(21)20-19-11-14-7-4-10-22-14)23-15-8-2-5-13-6-3-9-18-16(13)15/h2-12H,1H3,(H,20,21)/b19-11+. The molecule has 2 aromatic heterocycles. The molecule has 1 N–H and O–H groups in total. The highest BCUT2D eigenvalue weighted by Crippen LogP contribution is 2.23. The number of hydrogen-bond donors (Lipinski definition) is 1. The number of para-hydroxylation sites is 1. The Morgan fingerprint density at radius 1 is 1.30 bits per heavy atom. The highest BCUT2D eigenvalue weighted by molar-refractivity contribution is 5.86. The number of ether oxygens (including phenoxy) is 1. The molecule has 0 radical (unpaired) electrons. The van der Waals surface area contributed by atoms with Crippen molar-refractivity contribution in [2.45, 2.75) is 13.0 Å². The number of pyridine rings is 1. The Kier molecular flexibility index (Phi) is 4.33. The molecule has 1 aromatic carbocycles. The van der Waals surface area contributed by atoms with Gasteiger partial charge >= 0.3 is 0 Å². The first kappa shape index (κ1) is 14.8. The molecule has 0 aliphatic heterocycles. The molecule has 1 amide bonds. The number of nitrogens with zero attached hydrogens (tertiary/aromatic N) is 2. The molecule has 0 saturated carbocycles. The Morgan fingerprint density at radius 3 is 3.00 bits per heavy atom. The van der Waals surface area contributed by atoms with Crippen molar-refractivity contribution >= 4 is 23.0 Å². The number of nitrogens with one attached hydrogen (secondary N) is 1. The number of fused-ring (bicyclic) bond motifs is 1. The smallest absolute Gasteiger partial charge is 0.280 e. The van der Waals surface area contributed by atoms with Crippen molar-refractivity contribution in [2.75, 3.05) is 0 Å². The Bertz CT molecular complexity index is 823. The average Bonchev–Trinajstić information content (AvgIpc) is 3.08. The van der Waals surface area contributed by atoms with Gasteiger partial charge in [-0.3, -0.25) is 9.78 Å². The highest BCUT2D eigenvalue weighted by Gasteiger charge is 2.15. The number of benzene rings is 1. The number of carbonyl (C=O) groups is 1. The molecule has 6 heteroatoms. The minimum Gasteiger partial charge on any atom is -0.479 e. The Labute approximate surface area is 132 Å². The van der Waals surface area contributed by atoms with Crippen molar-refractivity contribution in [1.29, 1.82) is 0 Å². The number of carbonyl (C=O) groups excluding carboxylic acids is 1. The lowest BCUT2D eigenvalue weighted by Gasteiger charge is -2.14. The summed E-state index contributed by atoms with van der Waals surface area (Å²) in [6.45, 7) is 1.65. The second-order valence-electron chi connectivity index (χ2n) is 4.84. The lowest BCUT2D eigenvalue weighted by atomic mass is 10.2. The summed E-state index contributed by atoms with van der Waals surface area (Å²) >= 11 is 0. The van der Waals surface area contributed by atoms with Crippen LogP contribution in [0, 0.1) is 0 Å². The van der Waals surface area contributed by atoms with Gasteiger partial charge in [0, 0.05) is 11.6 Å². The van der Waals surface area contributed by atoms with E-state index < -0.39 is 6.10 Å². The van der Waals surface area contributed by atoms with Crippen LogP contribution in [-0.2, 0) is 4.79 Å². The minimum absolute atomic E-state index is 0.360. The van der Waals surface area contributed by atoms with Crippen molar-refractivity contribution in [1.82, 2.24) is 10.4 Å². The van der Waals surface area contributed by atoms with Crippen LogP contribution in [0.15, 0.2) is 64.4 Å². The highest BCUT2D eigenvalue weighted by atomic mass is 16.5. The van der Waals surface area contributed by atoms with E-state index in [1.54, 1.807) is 31.3 Å². The first-order valence-electron chi connectivity index (χ1n) is 7.11. The van der Waals surface area contributed by atoms with Gasteiger partial charge in [-0.2, -0.15) is 5.10 Å². The van der Waals surface area contributed by atoms with E-state index >= 15 is 0 Å². The Morgan fingerprint density at radius 2 is 2.17 bits per heavy atom. The zero-order valence-electron chi connectivity index (χ0n) is 12.5. The molecule has 1 unspecified atom stereocenters. The second kappa shape index (κ2) is 6.74. The molecule has 116 valence electrons. The number of rotatable bonds is 5. The van der Waals surface area contributed by atoms with Gasteiger partial charge in [-0.15, -0.1) is 0 Å². The molecule has 2 heterocycles. The van der Waals surface area contributed by atoms with Crippen molar-refractivity contribution in [2.24, 2.45) is 5.10 Å². The maximum atomic E-state index is 12.0. The lowest BCUT2D eigenvalue weighted by Crippen LogP contribution is -2.33. The fourth-order valence-electron chi connectivity index (χ4n) is 2.03. The van der Waals surface area contributed by atoms with E-state index in [1.807, 2.05) is 24.3 Å². The Hall–Kier alpha value is -3.15. The number of hydrazone groups is 1. The quantitative estimate of drug-likeness (QED) is 0.581. The molecule has 0 fully saturated rings. The summed E-state index contributed by atoms with van der Waals surface area (Å²) in [6.07, 6.45) is 3.93. The zero-order chi connectivity index (χ0) is 16.1. The fraction of sp³-hybridized carbons (Fsp3) is 0.118. The molecule has 0 saturated heterocycles. The number of furan rings is 1. The number of hydrogen-bond acceptors (Lipinski definition) is 5. The topological polar surface area (TPSA) is 76.7 Å². The molecule has 6 nitrogen and oxygen atoms in total. The van der Waals surface area contributed by atoms with Gasteiger partial charge < -0.3 is 9.15 Å². The maximum absolute atomic E-state index is 12.0. The summed E-state index contributed by atoms with van der Waals surface area (Å²) in [4.78, 5) is 16.3. The molecule has 0 spiro atoms. The van der Waals surface area contributed by atoms with Crippen molar-refractivity contribution < 1.29 is 13.9 Å². The minimum atomic E-state index is -0.712. The van der Waals surface area contributed by atoms with Gasteiger partial charge in [-0.1, -0.05) is 18.2 Å². The third-order valence-corrected chi connectivity index (χ3v) is 3.18. The van der Waals surface area contributed by atoms with Crippen LogP contribution in [0.5, 0.6) is 5.75 Å². The van der Waals surface area contributed by atoms with E-state index in [4.69, 9.17) is 9.15 Å². The average molecular weight is 309 g/mol. The number of amides is 1. The third kappa shape index (κ3) is 3.55. The SMILES string of the molecule is CC(Oc1cccc2cccnc12)C(=O)N/N=C/c1ccco1. The van der Waals surface area contributed by atoms with Crippen molar-refractivity contribution in [3.8, 4) is 5.75 Å². The van der Waals surface area contributed by atoms with Crippen LogP contribution in [0.1, 0.15) is 12.7 Å². The molecule has 1 atom stereocenters. The van der Waals surface area contributed by atoms with Gasteiger partial charge in [-0.05, 0) is 31.2 Å². The molecular formula is C17H15N3O3. The van der Waals surface area contributed by atoms with Crippen LogP contribution in [0.4, 0.5) is 0 Å². The molecule has 23 heavy (non-hydrogen) atoms. The van der Waals surface area contributed by atoms with Gasteiger partial charge in [0.25, 0.3) is 5.91 Å². The van der Waals surface area contributed by atoms with Crippen molar-refractivity contribution in [3.63, 3.8) is 0 Å². The molecule has 0 aliphatic carbocycles. The van der Waals surface area contributed by atoms with Gasteiger partial charge in [0.2, 0.25) is 0 Å². The van der Waals surface area contributed by atoms with Crippen LogP contribution in [0.2, 0.25) is 0 Å². The van der Waals surface area contributed by atoms with Crippen LogP contribution >= 0.6 is 0 Å². The van der Waals surface area contributed by atoms with Crippen LogP contribution < -0.4 is 10.2 Å². The summed E-state index contributed by atoms with van der Waals surface area (Å²) in [5.74, 6) is 0.749. The predicted octanol–water partition coefficient (Wildman–Crippen LogP) is 2.75. The monoisotopic (exact) mass is 309 g/mol. The molecular weight excluding hydrogens is 294 g/mol. The van der Waals surface area contributed by atoms with Gasteiger partial charge in [0.15, 0.2) is 6.10 Å². The summed E-state index contributed by atoms with van der Waals surface area (Å²) < 4.78 is 10.8. The second-order valence-corrected chi connectivity index (χ2v) is 4.84. The van der Waals surface area contributed by atoms with Crippen LogP contribution in [-0.4, -0.2) is 23.2 Å². The zero-order valence-corrected chi connectivity index (χ0v) is 12.5. The molecule has 3 rings (SSSR count). The van der Waals surface area contributed by atoms with E-state index in [0.717, 1.165) is 5.39 Å². The van der Waals surface area contributed by atoms with E-state index in [1.165, 1.54) is 12.5 Å². The van der Waals surface area contributed by atoms with Gasteiger partial charge in [0.1, 0.15) is 17.0 Å². The van der Waals surface area contributed by atoms with E-state index in [0.29, 0.717) is 17.0 Å². The van der Waals surface area contributed by atoms with Crippen LogP contribution in [0.3, 0.4) is 0 Å². The normalized spacial score (nSPS) is 12.4. The summed E-state index contributed by atoms with van der Waals surface area (Å²) in [6, 6.07) is 12.8. The summed E-state index contributed by atoms with van der Waals surface area (Å²) in [5.41, 5.74) is 3.13. The largest absolute Gasteiger partial charge is 0.479 e. The molecule has 3 aromatic rings. The number of aromatic nitrogens is 1. The Balaban J connectivity index is 1.65. The first-order chi connectivity index (χ1) is 11.2. The molecule has 0 bridgehead atoms. The molecule has 0 aliphatic rings. The first-order valence-corrected chi connectivity index (χ1v) is 7.11. The summed E-state index contributed by atoms with van der Waals surface area (Å²) in [7, 11) is 0. The van der Waals surface area contributed by atoms with E-state index in [-0.39, 0.29) is 5.91 Å². The van der Waals surface area contributed by atoms with E-state index in [2.05, 4.69) is 15.5 Å². The predicted molar refractivity (Wildman–Crippen MR) is 86.3 cm³/mol. The van der Waals surface area contributed by atoms with Crippen molar-refractivity contribution in [3.05, 3.63) is 60.7 Å². The van der Waals surface area contributed by atoms with E-state index in [9.17, 15) is 4.79 Å². The van der Waals surface area contributed by atoms with Crippen LogP contribution in [0.25, 0.3) is 10.9 Å². The third-order valence-electron chi connectivity index (χ3n) is 3.18. The summed E-state index contributed by atoms with van der Waals surface area (Å²) in [5, 5.41) is 4.78. The van der Waals surface area contributed by atoms with Gasteiger partial charge in [-0.25, -0.2) is 5.43 Å². The fourth-order valence-corrected chi connectivity index (χ4v) is 2.03.